The van der Waals surface area contributed by atoms with Crippen molar-refractivity contribution in [2.45, 2.75) is 45.7 Å². The monoisotopic (exact) mass is 284 g/mol. The van der Waals surface area contributed by atoms with Gasteiger partial charge in [-0.15, -0.1) is 0 Å². The Morgan fingerprint density at radius 1 is 1.00 bits per heavy atom. The van der Waals surface area contributed by atoms with Gasteiger partial charge >= 0.3 is 0 Å². The lowest BCUT2D eigenvalue weighted by molar-refractivity contribution is 0.0845. The van der Waals surface area contributed by atoms with Gasteiger partial charge in [-0.05, 0) is 48.8 Å². The molecule has 0 saturated carbocycles. The van der Waals surface area contributed by atoms with Gasteiger partial charge in [0.25, 0.3) is 0 Å². The smallest absolute Gasteiger partial charge is 0.0479 e. The third-order valence-electron chi connectivity index (χ3n) is 5.00. The second kappa shape index (κ2) is 6.59. The molecule has 2 N–H and O–H groups in total. The van der Waals surface area contributed by atoms with E-state index in [9.17, 15) is 0 Å². The first-order valence-corrected chi connectivity index (χ1v) is 8.06. The van der Waals surface area contributed by atoms with Crippen LogP contribution in [0.3, 0.4) is 0 Å². The van der Waals surface area contributed by atoms with Gasteiger partial charge in [0, 0.05) is 11.6 Å². The summed E-state index contributed by atoms with van der Waals surface area (Å²) in [7, 11) is 0. The fourth-order valence-electron chi connectivity index (χ4n) is 3.35. The summed E-state index contributed by atoms with van der Waals surface area (Å²) in [5.74, 6) is 0. The number of likely N-dealkylation sites (N-methyl/N-ethyl adjacent to an activating group) is 1. The van der Waals surface area contributed by atoms with Crippen molar-refractivity contribution in [3.05, 3.63) is 48.0 Å². The molecule has 0 fully saturated rings. The second-order valence-electron chi connectivity index (χ2n) is 5.97. The Morgan fingerprint density at radius 3 is 2.19 bits per heavy atom. The van der Waals surface area contributed by atoms with E-state index in [2.05, 4.69) is 75.1 Å². The van der Waals surface area contributed by atoms with Crippen LogP contribution in [0.2, 0.25) is 0 Å². The Morgan fingerprint density at radius 2 is 1.62 bits per heavy atom. The van der Waals surface area contributed by atoms with Gasteiger partial charge in [0.1, 0.15) is 0 Å². The van der Waals surface area contributed by atoms with Gasteiger partial charge in [-0.1, -0.05) is 57.2 Å². The van der Waals surface area contributed by atoms with E-state index >= 15 is 0 Å². The SMILES string of the molecule is CCN(CC)C(C)(CC)C(N)c1ccc2ccccc2c1. The summed E-state index contributed by atoms with van der Waals surface area (Å²) in [5, 5.41) is 2.54. The maximum absolute atomic E-state index is 6.69. The number of hydrogen-bond acceptors (Lipinski definition) is 2. The Hall–Kier alpha value is -1.38. The van der Waals surface area contributed by atoms with Gasteiger partial charge in [0.2, 0.25) is 0 Å². The van der Waals surface area contributed by atoms with Gasteiger partial charge in [-0.3, -0.25) is 4.90 Å². The topological polar surface area (TPSA) is 29.3 Å². The van der Waals surface area contributed by atoms with Crippen LogP contribution >= 0.6 is 0 Å². The van der Waals surface area contributed by atoms with Crippen molar-refractivity contribution in [3.63, 3.8) is 0 Å². The summed E-state index contributed by atoms with van der Waals surface area (Å²) >= 11 is 0. The van der Waals surface area contributed by atoms with Crippen LogP contribution in [0.4, 0.5) is 0 Å². The molecule has 2 aromatic rings. The molecule has 114 valence electrons. The quantitative estimate of drug-likeness (QED) is 0.854. The Kier molecular flexibility index (Phi) is 5.02. The molecule has 0 heterocycles. The molecule has 0 aliphatic carbocycles. The third-order valence-corrected chi connectivity index (χ3v) is 5.00. The number of nitrogens with zero attached hydrogens (tertiary/aromatic N) is 1. The van der Waals surface area contributed by atoms with Crippen LogP contribution in [0, 0.1) is 0 Å². The average molecular weight is 284 g/mol. The van der Waals surface area contributed by atoms with Crippen LogP contribution in [0.1, 0.15) is 45.7 Å². The molecule has 0 bridgehead atoms. The lowest BCUT2D eigenvalue weighted by Crippen LogP contribution is -2.52. The summed E-state index contributed by atoms with van der Waals surface area (Å²) in [6.07, 6.45) is 1.04. The fraction of sp³-hybridized carbons (Fsp3) is 0.474. The summed E-state index contributed by atoms with van der Waals surface area (Å²) in [6, 6.07) is 15.1. The predicted molar refractivity (Wildman–Crippen MR) is 92.5 cm³/mol. The summed E-state index contributed by atoms with van der Waals surface area (Å²) in [4.78, 5) is 2.48. The summed E-state index contributed by atoms with van der Waals surface area (Å²) in [6.45, 7) is 11.0. The van der Waals surface area contributed by atoms with Gasteiger partial charge in [0.15, 0.2) is 0 Å². The largest absolute Gasteiger partial charge is 0.322 e. The number of hydrogen-bond donors (Lipinski definition) is 1. The summed E-state index contributed by atoms with van der Waals surface area (Å²) < 4.78 is 0. The molecule has 0 aliphatic rings. The third kappa shape index (κ3) is 2.97. The van der Waals surface area contributed by atoms with Gasteiger partial charge in [0.05, 0.1) is 0 Å². The molecule has 2 atom stereocenters. The average Bonchev–Trinajstić information content (AvgIpc) is 2.54. The molecule has 2 nitrogen and oxygen atoms in total. The molecule has 2 rings (SSSR count). The molecule has 2 heteroatoms. The van der Waals surface area contributed by atoms with Crippen LogP contribution in [-0.2, 0) is 0 Å². The van der Waals surface area contributed by atoms with E-state index < -0.39 is 0 Å². The molecular weight excluding hydrogens is 256 g/mol. The van der Waals surface area contributed by atoms with Crippen LogP contribution in [0.25, 0.3) is 10.8 Å². The van der Waals surface area contributed by atoms with E-state index in [0.717, 1.165) is 19.5 Å². The standard InChI is InChI=1S/C19H28N2/c1-5-19(4,21(6-2)7-3)18(20)17-13-12-15-10-8-9-11-16(15)14-17/h8-14,18H,5-7,20H2,1-4H3. The van der Waals surface area contributed by atoms with Crippen molar-refractivity contribution < 1.29 is 0 Å². The van der Waals surface area contributed by atoms with Crippen LogP contribution < -0.4 is 5.73 Å². The molecule has 2 unspecified atom stereocenters. The highest BCUT2D eigenvalue weighted by molar-refractivity contribution is 5.83. The Labute approximate surface area is 128 Å². The van der Waals surface area contributed by atoms with E-state index in [1.54, 1.807) is 0 Å². The number of nitrogens with two attached hydrogens (primary N) is 1. The van der Waals surface area contributed by atoms with Crippen LogP contribution in [0.5, 0.6) is 0 Å². The molecule has 0 radical (unpaired) electrons. The lowest BCUT2D eigenvalue weighted by atomic mass is 9.83. The van der Waals surface area contributed by atoms with Crippen LogP contribution in [-0.4, -0.2) is 23.5 Å². The number of benzene rings is 2. The summed E-state index contributed by atoms with van der Waals surface area (Å²) in [5.41, 5.74) is 7.90. The minimum atomic E-state index is -0.00798. The first-order valence-electron chi connectivity index (χ1n) is 8.06. The van der Waals surface area contributed by atoms with E-state index in [0.29, 0.717) is 0 Å². The van der Waals surface area contributed by atoms with E-state index in [-0.39, 0.29) is 11.6 Å². The zero-order chi connectivity index (χ0) is 15.5. The molecule has 0 aliphatic heterocycles. The minimum absolute atomic E-state index is 0.00798. The fourth-order valence-corrected chi connectivity index (χ4v) is 3.35. The molecular formula is C19H28N2. The van der Waals surface area contributed by atoms with Gasteiger partial charge in [-0.25, -0.2) is 0 Å². The molecule has 0 spiro atoms. The molecule has 0 amide bonds. The lowest BCUT2D eigenvalue weighted by Gasteiger charge is -2.44. The molecule has 0 saturated heterocycles. The van der Waals surface area contributed by atoms with E-state index in [1.165, 1.54) is 16.3 Å². The van der Waals surface area contributed by atoms with Crippen molar-refractivity contribution in [1.82, 2.24) is 4.90 Å². The maximum Gasteiger partial charge on any atom is 0.0479 e. The van der Waals surface area contributed by atoms with Crippen LogP contribution in [0.15, 0.2) is 42.5 Å². The molecule has 21 heavy (non-hydrogen) atoms. The number of fused-ring (bicyclic) bond motifs is 1. The van der Waals surface area contributed by atoms with Crippen molar-refractivity contribution >= 4 is 10.8 Å². The first-order chi connectivity index (χ1) is 10.1. The highest BCUT2D eigenvalue weighted by Crippen LogP contribution is 2.33. The van der Waals surface area contributed by atoms with Gasteiger partial charge in [-0.2, -0.15) is 0 Å². The van der Waals surface area contributed by atoms with Crippen molar-refractivity contribution in [3.8, 4) is 0 Å². The van der Waals surface area contributed by atoms with Gasteiger partial charge < -0.3 is 5.73 Å². The predicted octanol–water partition coefficient (Wildman–Crippen LogP) is 4.35. The minimum Gasteiger partial charge on any atom is -0.322 e. The zero-order valence-electron chi connectivity index (χ0n) is 13.8. The van der Waals surface area contributed by atoms with Crippen molar-refractivity contribution in [1.29, 1.82) is 0 Å². The highest BCUT2D eigenvalue weighted by atomic mass is 15.2. The Bertz CT molecular complexity index is 589. The highest BCUT2D eigenvalue weighted by Gasteiger charge is 2.35. The van der Waals surface area contributed by atoms with E-state index in [1.807, 2.05) is 0 Å². The first kappa shape index (κ1) is 16.0. The zero-order valence-corrected chi connectivity index (χ0v) is 13.8. The molecule has 2 aromatic carbocycles. The molecule has 0 aromatic heterocycles. The Balaban J connectivity index is 2.41. The van der Waals surface area contributed by atoms with E-state index in [4.69, 9.17) is 5.73 Å². The second-order valence-corrected chi connectivity index (χ2v) is 5.97. The normalized spacial score (nSPS) is 16.1. The van der Waals surface area contributed by atoms with Crippen molar-refractivity contribution in [2.75, 3.05) is 13.1 Å². The maximum atomic E-state index is 6.69. The van der Waals surface area contributed by atoms with Crippen molar-refractivity contribution in [2.24, 2.45) is 5.73 Å². The number of rotatable bonds is 6.